The van der Waals surface area contributed by atoms with Gasteiger partial charge in [0.25, 0.3) is 0 Å². The molecule has 0 saturated heterocycles. The first-order chi connectivity index (χ1) is 34.2. The number of rotatable bonds is 15. The summed E-state index contributed by atoms with van der Waals surface area (Å²) in [5, 5.41) is 60.5. The first-order valence-electron chi connectivity index (χ1n) is 23.6. The molecule has 0 saturated carbocycles. The minimum atomic E-state index is -5.03. The maximum Gasteiger partial charge on any atom is 0.425 e. The lowest BCUT2D eigenvalue weighted by Crippen LogP contribution is -2.41. The number of halogens is 6. The molecule has 4 aromatic carbocycles. The predicted molar refractivity (Wildman–Crippen MR) is 260 cm³/mol. The Morgan fingerprint density at radius 2 is 0.959 bits per heavy atom. The Hall–Kier alpha value is -6.74. The van der Waals surface area contributed by atoms with Crippen LogP contribution in [0, 0.1) is 0 Å². The third kappa shape index (κ3) is 9.99. The van der Waals surface area contributed by atoms with Crippen LogP contribution in [0.3, 0.4) is 0 Å². The van der Waals surface area contributed by atoms with Gasteiger partial charge in [-0.3, -0.25) is 9.36 Å². The lowest BCUT2D eigenvalue weighted by atomic mass is 9.89. The van der Waals surface area contributed by atoms with Crippen LogP contribution in [-0.2, 0) is 36.6 Å². The molecule has 0 amide bonds. The van der Waals surface area contributed by atoms with Gasteiger partial charge in [0.2, 0.25) is 11.2 Å². The summed E-state index contributed by atoms with van der Waals surface area (Å²) in [5.74, 6) is -1.49. The van der Waals surface area contributed by atoms with Crippen LogP contribution in [0.4, 0.5) is 26.3 Å². The topological polar surface area (TPSA) is 199 Å². The fraction of sp³-hybridized carbons (Fsp3) is 0.407. The number of aromatic nitrogens is 4. The van der Waals surface area contributed by atoms with Crippen molar-refractivity contribution in [2.24, 2.45) is 0 Å². The summed E-state index contributed by atoms with van der Waals surface area (Å²) in [6, 6.07) is 17.1. The van der Waals surface area contributed by atoms with E-state index >= 15 is 0 Å². The van der Waals surface area contributed by atoms with Crippen molar-refractivity contribution in [2.45, 2.75) is 121 Å². The molecule has 8 rings (SSSR count). The maximum absolute atomic E-state index is 14.5. The number of aliphatic hydroxyl groups is 4. The summed E-state index contributed by atoms with van der Waals surface area (Å²) >= 11 is 0. The molecular formula is C54H58F6N4O10. The number of alkyl halides is 6. The van der Waals surface area contributed by atoms with Crippen LogP contribution in [0.1, 0.15) is 97.4 Å². The van der Waals surface area contributed by atoms with E-state index < -0.39 is 63.3 Å². The molecule has 2 heterocycles. The van der Waals surface area contributed by atoms with Crippen molar-refractivity contribution in [1.82, 2.24) is 19.6 Å². The summed E-state index contributed by atoms with van der Waals surface area (Å²) in [4.78, 5) is 24.2. The lowest BCUT2D eigenvalue weighted by Gasteiger charge is -2.29. The fourth-order valence-corrected chi connectivity index (χ4v) is 8.81. The maximum atomic E-state index is 14.5. The Kier molecular flexibility index (Phi) is 14.3. The zero-order chi connectivity index (χ0) is 54.8. The van der Waals surface area contributed by atoms with Gasteiger partial charge in [0.15, 0.2) is 11.1 Å². The lowest BCUT2D eigenvalue weighted by molar-refractivity contribution is -0.247. The van der Waals surface area contributed by atoms with Crippen LogP contribution in [0.5, 0.6) is 11.5 Å². The van der Waals surface area contributed by atoms with Crippen LogP contribution in [0.15, 0.2) is 97.6 Å². The number of aliphatic carboxylic acids is 1. The number of nitrogens with zero attached hydrogens (tertiary/aromatic N) is 4. The van der Waals surface area contributed by atoms with E-state index in [9.17, 15) is 61.5 Å². The third-order valence-electron chi connectivity index (χ3n) is 13.2. The molecule has 2 aliphatic carbocycles. The van der Waals surface area contributed by atoms with Crippen LogP contribution in [0.25, 0.3) is 44.5 Å². The SMILES string of the molecule is CC(C)(O)CCOc1cc(-c2cnn(C(C)(C)C(=O)O)c2)c2c(c1)[C@@](O)(C(F)(F)F)c1ccccc1-2.CCOC(=O)C(C)(C)n1cc(-c2cc(OCCC(C)(C)O)cc3c2-c2ccccc2[C@]3(O)C(F)(F)F)cn1. The highest BCUT2D eigenvalue weighted by atomic mass is 19.4. The van der Waals surface area contributed by atoms with Gasteiger partial charge >= 0.3 is 24.3 Å². The largest absolute Gasteiger partial charge is 0.493 e. The molecule has 396 valence electrons. The van der Waals surface area contributed by atoms with Crippen molar-refractivity contribution in [3.05, 3.63) is 120 Å². The summed E-state index contributed by atoms with van der Waals surface area (Å²) in [6.45, 7) is 14.4. The van der Waals surface area contributed by atoms with Crippen molar-refractivity contribution in [3.8, 4) is 56.0 Å². The monoisotopic (exact) mass is 1040 g/mol. The number of carboxylic acid groups (broad SMARTS) is 1. The molecular weight excluding hydrogens is 979 g/mol. The molecule has 14 nitrogen and oxygen atoms in total. The molecule has 5 N–H and O–H groups in total. The summed E-state index contributed by atoms with van der Waals surface area (Å²) in [5.41, 5.74) is -10.3. The minimum Gasteiger partial charge on any atom is -0.493 e. The van der Waals surface area contributed by atoms with Crippen molar-refractivity contribution in [3.63, 3.8) is 0 Å². The Bertz CT molecular complexity index is 3090. The number of hydrogen-bond acceptors (Lipinski definition) is 11. The highest BCUT2D eigenvalue weighted by Gasteiger charge is 2.62. The number of esters is 1. The number of hydrogen-bond donors (Lipinski definition) is 5. The van der Waals surface area contributed by atoms with Crippen LogP contribution < -0.4 is 9.47 Å². The molecule has 6 aromatic rings. The molecule has 0 fully saturated rings. The second-order valence-electron chi connectivity index (χ2n) is 20.6. The molecule has 0 aliphatic heterocycles. The number of benzene rings is 4. The first kappa shape index (κ1) is 55.0. The Balaban J connectivity index is 0.000000217. The molecule has 20 heteroatoms. The third-order valence-corrected chi connectivity index (χ3v) is 13.2. The number of carbonyl (C=O) groups is 2. The molecule has 0 unspecified atom stereocenters. The quantitative estimate of drug-likeness (QED) is 0.0483. The molecule has 74 heavy (non-hydrogen) atoms. The van der Waals surface area contributed by atoms with Gasteiger partial charge in [-0.1, -0.05) is 48.5 Å². The van der Waals surface area contributed by atoms with E-state index in [0.29, 0.717) is 22.3 Å². The minimum absolute atomic E-state index is 0.0183. The van der Waals surface area contributed by atoms with Gasteiger partial charge in [-0.2, -0.15) is 36.5 Å². The average molecular weight is 1040 g/mol. The van der Waals surface area contributed by atoms with Crippen LogP contribution in [-0.4, -0.2) is 100 Å². The van der Waals surface area contributed by atoms with E-state index in [1.807, 2.05) is 0 Å². The zero-order valence-electron chi connectivity index (χ0n) is 42.1. The Morgan fingerprint density at radius 1 is 0.581 bits per heavy atom. The van der Waals surface area contributed by atoms with E-state index in [1.165, 1.54) is 96.4 Å². The van der Waals surface area contributed by atoms with E-state index in [1.54, 1.807) is 72.9 Å². The van der Waals surface area contributed by atoms with Crippen LogP contribution in [0.2, 0.25) is 0 Å². The molecule has 2 aliphatic rings. The fourth-order valence-electron chi connectivity index (χ4n) is 8.81. The Morgan fingerprint density at radius 3 is 1.31 bits per heavy atom. The zero-order valence-corrected chi connectivity index (χ0v) is 42.1. The molecule has 2 atom stereocenters. The van der Waals surface area contributed by atoms with Gasteiger partial charge in [0, 0.05) is 58.6 Å². The van der Waals surface area contributed by atoms with E-state index in [0.717, 1.165) is 0 Å². The summed E-state index contributed by atoms with van der Waals surface area (Å²) in [6.07, 6.45) is -3.79. The normalized spacial score (nSPS) is 17.4. The van der Waals surface area contributed by atoms with Gasteiger partial charge in [-0.25, -0.2) is 9.59 Å². The second kappa shape index (κ2) is 19.2. The van der Waals surface area contributed by atoms with Gasteiger partial charge < -0.3 is 39.7 Å². The number of ether oxygens (including phenoxy) is 3. The van der Waals surface area contributed by atoms with Crippen molar-refractivity contribution in [1.29, 1.82) is 0 Å². The number of carboxylic acids is 1. The van der Waals surface area contributed by atoms with E-state index in [2.05, 4.69) is 10.2 Å². The van der Waals surface area contributed by atoms with Crippen molar-refractivity contribution >= 4 is 11.9 Å². The van der Waals surface area contributed by atoms with Gasteiger partial charge in [-0.15, -0.1) is 0 Å². The smallest absolute Gasteiger partial charge is 0.425 e. The van der Waals surface area contributed by atoms with E-state index in [-0.39, 0.29) is 83.1 Å². The standard InChI is InChI=1S/C28H31F3N2O5.C26H27F3N2O5/c1-6-37-24(34)26(4,5)33-16-17(15-32-33)20-13-18(38-12-11-25(2,3)35)14-22-23(20)19-9-7-8-10-21(19)27(22,36)28(29,30)31;1-23(2,34)9-10-36-16-11-18(15-13-30-31(14-15)24(3,4)22(32)33)21-17-7-5-6-8-19(17)25(35,20(21)12-16)26(27,28)29/h7-10,13-16,35-36H,6,11-12H2,1-5H3;5-8,11-14,34-35H,9-10H2,1-4H3,(H,32,33)/t27-;25-/m11/s1. The highest BCUT2D eigenvalue weighted by Crippen LogP contribution is 2.60. The van der Waals surface area contributed by atoms with Gasteiger partial charge in [0.1, 0.15) is 11.5 Å². The number of carbonyl (C=O) groups excluding carboxylic acids is 1. The Labute approximate surface area is 422 Å². The summed E-state index contributed by atoms with van der Waals surface area (Å²) < 4.78 is 106. The van der Waals surface area contributed by atoms with Crippen molar-refractivity contribution < 1.29 is 75.7 Å². The van der Waals surface area contributed by atoms with Crippen LogP contribution >= 0.6 is 0 Å². The van der Waals surface area contributed by atoms with E-state index in [4.69, 9.17) is 14.2 Å². The van der Waals surface area contributed by atoms with Crippen molar-refractivity contribution in [2.75, 3.05) is 19.8 Å². The molecule has 0 spiro atoms. The molecule has 0 radical (unpaired) electrons. The van der Waals surface area contributed by atoms with Gasteiger partial charge in [0.05, 0.1) is 43.4 Å². The highest BCUT2D eigenvalue weighted by molar-refractivity contribution is 5.94. The molecule has 2 aromatic heterocycles. The summed E-state index contributed by atoms with van der Waals surface area (Å²) in [7, 11) is 0. The average Bonchev–Trinajstić information content (AvgIpc) is 4.10. The number of fused-ring (bicyclic) bond motifs is 6. The first-order valence-corrected chi connectivity index (χ1v) is 23.6. The molecule has 0 bridgehead atoms. The van der Waals surface area contributed by atoms with Gasteiger partial charge in [-0.05, 0) is 120 Å². The predicted octanol–water partition coefficient (Wildman–Crippen LogP) is 9.85. The second-order valence-corrected chi connectivity index (χ2v) is 20.6.